The van der Waals surface area contributed by atoms with Crippen LogP contribution in [0.1, 0.15) is 22.4 Å². The van der Waals surface area contributed by atoms with E-state index in [1.165, 1.54) is 24.3 Å². The summed E-state index contributed by atoms with van der Waals surface area (Å²) in [7, 11) is 0. The zero-order valence-electron chi connectivity index (χ0n) is 17.2. The molecule has 1 aliphatic rings. The molecule has 1 aromatic carbocycles. The van der Waals surface area contributed by atoms with Crippen LogP contribution in [0.5, 0.6) is 0 Å². The Morgan fingerprint density at radius 3 is 2.69 bits per heavy atom. The number of carbonyl (C=O) groups is 3. The number of nitriles is 1. The molecule has 164 valence electrons. The molecule has 0 atom stereocenters. The van der Waals surface area contributed by atoms with Crippen molar-refractivity contribution in [3.8, 4) is 6.07 Å². The molecule has 1 saturated heterocycles. The highest BCUT2D eigenvalue weighted by atomic mass is 32.2. The smallest absolute Gasteiger partial charge is 0.293 e. The van der Waals surface area contributed by atoms with E-state index in [9.17, 15) is 23.6 Å². The molecule has 0 bridgehead atoms. The van der Waals surface area contributed by atoms with Crippen molar-refractivity contribution < 1.29 is 18.8 Å². The van der Waals surface area contributed by atoms with Crippen LogP contribution in [0.25, 0.3) is 6.08 Å². The predicted octanol–water partition coefficient (Wildman–Crippen LogP) is 1.72. The van der Waals surface area contributed by atoms with E-state index >= 15 is 0 Å². The van der Waals surface area contributed by atoms with Gasteiger partial charge in [-0.3, -0.25) is 24.1 Å². The fourth-order valence-corrected chi connectivity index (χ4v) is 3.79. The maximum Gasteiger partial charge on any atom is 0.293 e. The van der Waals surface area contributed by atoms with E-state index in [1.807, 2.05) is 6.07 Å². The second kappa shape index (κ2) is 9.57. The number of carbonyl (C=O) groups excluding carboxylic acids is 3. The Hall–Kier alpha value is -3.78. The molecular weight excluding hydrogens is 437 g/mol. The normalized spacial score (nSPS) is 14.7. The SMILES string of the molecule is Cc1nn(CC(=O)NCCN2C(=O)S/C(=C\c3ccccc3F)C2=O)c(=O)c(C#N)c1C. The van der Waals surface area contributed by atoms with Gasteiger partial charge in [-0.05, 0) is 43.3 Å². The molecule has 2 aromatic rings. The molecule has 1 aromatic heterocycles. The first kappa shape index (κ1) is 22.9. The van der Waals surface area contributed by atoms with Gasteiger partial charge in [-0.1, -0.05) is 18.2 Å². The molecule has 0 saturated carbocycles. The van der Waals surface area contributed by atoms with E-state index in [0.29, 0.717) is 23.0 Å². The highest BCUT2D eigenvalue weighted by molar-refractivity contribution is 8.18. The molecule has 1 aliphatic heterocycles. The zero-order chi connectivity index (χ0) is 23.4. The standard InChI is InChI=1S/C21H18FN5O4S/c1-12-13(2)25-27(19(29)15(12)10-23)11-18(28)24-7-8-26-20(30)17(32-21(26)31)9-14-5-3-4-6-16(14)22/h3-6,9H,7-8,11H2,1-2H3,(H,24,28)/b17-9-. The molecule has 1 N–H and O–H groups in total. The second-order valence-electron chi connectivity index (χ2n) is 6.86. The summed E-state index contributed by atoms with van der Waals surface area (Å²) in [4.78, 5) is 50.1. The van der Waals surface area contributed by atoms with E-state index < -0.39 is 35.0 Å². The number of benzene rings is 1. The summed E-state index contributed by atoms with van der Waals surface area (Å²) < 4.78 is 14.7. The maximum atomic E-state index is 13.8. The van der Waals surface area contributed by atoms with Gasteiger partial charge in [0.2, 0.25) is 5.91 Å². The van der Waals surface area contributed by atoms with Gasteiger partial charge >= 0.3 is 0 Å². The van der Waals surface area contributed by atoms with Gasteiger partial charge in [-0.25, -0.2) is 9.07 Å². The Balaban J connectivity index is 1.61. The predicted molar refractivity (Wildman–Crippen MR) is 115 cm³/mol. The largest absolute Gasteiger partial charge is 0.353 e. The fourth-order valence-electron chi connectivity index (χ4n) is 2.94. The summed E-state index contributed by atoms with van der Waals surface area (Å²) in [6, 6.07) is 7.69. The number of aromatic nitrogens is 2. The van der Waals surface area contributed by atoms with E-state index in [1.54, 1.807) is 19.9 Å². The van der Waals surface area contributed by atoms with Crippen LogP contribution in [-0.4, -0.2) is 44.8 Å². The summed E-state index contributed by atoms with van der Waals surface area (Å²) >= 11 is 0.689. The van der Waals surface area contributed by atoms with Gasteiger partial charge in [-0.15, -0.1) is 0 Å². The third-order valence-electron chi connectivity index (χ3n) is 4.76. The first-order valence-corrected chi connectivity index (χ1v) is 10.3. The average molecular weight is 455 g/mol. The minimum absolute atomic E-state index is 0.0471. The summed E-state index contributed by atoms with van der Waals surface area (Å²) in [6.07, 6.45) is 1.31. The van der Waals surface area contributed by atoms with Crippen LogP contribution < -0.4 is 10.9 Å². The lowest BCUT2D eigenvalue weighted by Gasteiger charge is -2.13. The number of thioether (sulfide) groups is 1. The maximum absolute atomic E-state index is 13.8. The van der Waals surface area contributed by atoms with Gasteiger partial charge < -0.3 is 5.32 Å². The number of imide groups is 1. The van der Waals surface area contributed by atoms with Gasteiger partial charge in [-0.2, -0.15) is 10.4 Å². The van der Waals surface area contributed by atoms with Gasteiger partial charge in [0.15, 0.2) is 0 Å². The molecule has 9 nitrogen and oxygen atoms in total. The van der Waals surface area contributed by atoms with Gasteiger partial charge in [0.05, 0.1) is 10.6 Å². The Morgan fingerprint density at radius 2 is 2.00 bits per heavy atom. The third-order valence-corrected chi connectivity index (χ3v) is 5.67. The molecule has 11 heteroatoms. The van der Waals surface area contributed by atoms with Crippen molar-refractivity contribution in [3.05, 3.63) is 67.7 Å². The summed E-state index contributed by atoms with van der Waals surface area (Å²) in [5, 5.41) is 15.1. The number of nitrogens with one attached hydrogen (secondary N) is 1. The topological polar surface area (TPSA) is 125 Å². The van der Waals surface area contributed by atoms with Crippen molar-refractivity contribution in [2.24, 2.45) is 0 Å². The van der Waals surface area contributed by atoms with Crippen LogP contribution in [0.15, 0.2) is 34.0 Å². The fraction of sp³-hybridized carbons (Fsp3) is 0.238. The molecule has 0 aliphatic carbocycles. The van der Waals surface area contributed by atoms with Crippen molar-refractivity contribution in [1.29, 1.82) is 5.26 Å². The summed E-state index contributed by atoms with van der Waals surface area (Å²) in [5.74, 6) is -1.66. The Bertz CT molecular complexity index is 1250. The molecule has 3 amide bonds. The summed E-state index contributed by atoms with van der Waals surface area (Å²) in [5.41, 5.74) is 0.347. The molecule has 1 fully saturated rings. The van der Waals surface area contributed by atoms with E-state index in [2.05, 4.69) is 10.4 Å². The number of hydrogen-bond donors (Lipinski definition) is 1. The van der Waals surface area contributed by atoms with Crippen molar-refractivity contribution in [2.75, 3.05) is 13.1 Å². The first-order valence-electron chi connectivity index (χ1n) is 9.48. The average Bonchev–Trinajstić information content (AvgIpc) is 3.01. The minimum atomic E-state index is -0.671. The quantitative estimate of drug-likeness (QED) is 0.658. The number of nitrogens with zero attached hydrogens (tertiary/aromatic N) is 4. The third kappa shape index (κ3) is 4.76. The molecule has 2 heterocycles. The molecule has 0 spiro atoms. The molecule has 0 unspecified atom stereocenters. The van der Waals surface area contributed by atoms with Crippen LogP contribution in [0, 0.1) is 31.0 Å². The molecule has 3 rings (SSSR count). The van der Waals surface area contributed by atoms with Gasteiger partial charge in [0.1, 0.15) is 24.0 Å². The summed E-state index contributed by atoms with van der Waals surface area (Å²) in [6.45, 7) is 2.67. The number of halogens is 1. The van der Waals surface area contributed by atoms with Crippen molar-refractivity contribution in [2.45, 2.75) is 20.4 Å². The Kier molecular flexibility index (Phi) is 6.85. The van der Waals surface area contributed by atoms with Crippen molar-refractivity contribution >= 4 is 34.9 Å². The molecule has 32 heavy (non-hydrogen) atoms. The van der Waals surface area contributed by atoms with Crippen molar-refractivity contribution in [3.63, 3.8) is 0 Å². The van der Waals surface area contributed by atoms with E-state index in [4.69, 9.17) is 5.26 Å². The van der Waals surface area contributed by atoms with Crippen LogP contribution in [-0.2, 0) is 16.1 Å². The number of amides is 3. The van der Waals surface area contributed by atoms with Crippen LogP contribution in [0.4, 0.5) is 9.18 Å². The van der Waals surface area contributed by atoms with Crippen LogP contribution in [0.2, 0.25) is 0 Å². The van der Waals surface area contributed by atoms with E-state index in [0.717, 1.165) is 9.58 Å². The number of aryl methyl sites for hydroxylation is 1. The van der Waals surface area contributed by atoms with Crippen LogP contribution >= 0.6 is 11.8 Å². The zero-order valence-corrected chi connectivity index (χ0v) is 18.0. The second-order valence-corrected chi connectivity index (χ2v) is 7.86. The lowest BCUT2D eigenvalue weighted by molar-refractivity contribution is -0.124. The van der Waals surface area contributed by atoms with Crippen LogP contribution in [0.3, 0.4) is 0 Å². The molecule has 0 radical (unpaired) electrons. The van der Waals surface area contributed by atoms with Gasteiger partial charge in [0.25, 0.3) is 16.7 Å². The number of hydrogen-bond acceptors (Lipinski definition) is 7. The first-order chi connectivity index (χ1) is 15.2. The van der Waals surface area contributed by atoms with E-state index in [-0.39, 0.29) is 29.1 Å². The number of rotatable bonds is 6. The Labute approximate surface area is 186 Å². The highest BCUT2D eigenvalue weighted by Crippen LogP contribution is 2.32. The van der Waals surface area contributed by atoms with Crippen molar-refractivity contribution in [1.82, 2.24) is 20.0 Å². The Morgan fingerprint density at radius 1 is 1.28 bits per heavy atom. The highest BCUT2D eigenvalue weighted by Gasteiger charge is 2.34. The monoisotopic (exact) mass is 455 g/mol. The lowest BCUT2D eigenvalue weighted by Crippen LogP contribution is -2.40. The molecular formula is C21H18FN5O4S. The minimum Gasteiger partial charge on any atom is -0.353 e. The lowest BCUT2D eigenvalue weighted by atomic mass is 10.1. The van der Waals surface area contributed by atoms with Gasteiger partial charge in [0, 0.05) is 18.7 Å².